The van der Waals surface area contributed by atoms with E-state index in [9.17, 15) is 0 Å². The Balaban J connectivity index is 2.28. The summed E-state index contributed by atoms with van der Waals surface area (Å²) in [5, 5.41) is 7.04. The largest absolute Gasteiger partial charge is 0.142 e. The van der Waals surface area contributed by atoms with E-state index < -0.39 is 0 Å². The molecule has 0 bridgehead atoms. The first-order chi connectivity index (χ1) is 11.0. The Morgan fingerprint density at radius 3 is 1.87 bits per heavy atom. The summed E-state index contributed by atoms with van der Waals surface area (Å²) in [6, 6.07) is 15.1. The lowest BCUT2D eigenvalue weighted by atomic mass is 9.99. The van der Waals surface area contributed by atoms with Gasteiger partial charge in [-0.15, -0.1) is 50.5 Å². The molecule has 0 N–H and O–H groups in total. The van der Waals surface area contributed by atoms with Crippen molar-refractivity contribution in [1.29, 1.82) is 0 Å². The predicted molar refractivity (Wildman–Crippen MR) is 121 cm³/mol. The summed E-state index contributed by atoms with van der Waals surface area (Å²) in [4.78, 5) is 3.24. The lowest BCUT2D eigenvalue weighted by Gasteiger charge is -2.15. The Labute approximate surface area is 169 Å². The van der Waals surface area contributed by atoms with Gasteiger partial charge >= 0.3 is 0 Å². The van der Waals surface area contributed by atoms with Gasteiger partial charge < -0.3 is 0 Å². The number of fused-ring (bicyclic) bond motifs is 3. The van der Waals surface area contributed by atoms with Gasteiger partial charge in [0.25, 0.3) is 0 Å². The first-order valence-electron chi connectivity index (χ1n) is 6.89. The van der Waals surface area contributed by atoms with E-state index in [1.54, 1.807) is 0 Å². The van der Waals surface area contributed by atoms with Gasteiger partial charge in [-0.3, -0.25) is 0 Å². The van der Waals surface area contributed by atoms with E-state index in [0.717, 1.165) is 30.4 Å². The zero-order valence-electron chi connectivity index (χ0n) is 11.7. The van der Waals surface area contributed by atoms with Gasteiger partial charge in [0.1, 0.15) is 0 Å². The van der Waals surface area contributed by atoms with Gasteiger partial charge in [0.05, 0.1) is 0 Å². The van der Waals surface area contributed by atoms with Crippen LogP contribution in [0.1, 0.15) is 0 Å². The Hall–Kier alpha value is -0.210. The highest BCUT2D eigenvalue weighted by molar-refractivity contribution is 14.1. The number of hydrogen-bond acceptors (Lipinski definition) is 4. The maximum absolute atomic E-state index is 4.69. The third-order valence-electron chi connectivity index (χ3n) is 4.11. The summed E-state index contributed by atoms with van der Waals surface area (Å²) in [5.41, 5.74) is 0. The molecule has 0 atom stereocenters. The molecular formula is C18H11IS4. The summed E-state index contributed by atoms with van der Waals surface area (Å²) < 4.78 is 1.17. The number of halogens is 1. The van der Waals surface area contributed by atoms with Gasteiger partial charge in [-0.2, -0.15) is 0 Å². The molecule has 0 nitrogen and oxygen atoms in total. The first kappa shape index (κ1) is 16.3. The van der Waals surface area contributed by atoms with Gasteiger partial charge in [0.15, 0.2) is 0 Å². The second kappa shape index (κ2) is 5.95. The standard InChI is InChI=1S/C18H11IS4/c19-14-11-6-9-4-2-1-3-8(9)5-10(11)7-12-13(14)16(21)18(23)17(22)15(12)20/h1-7,20-23H. The highest BCUT2D eigenvalue weighted by Gasteiger charge is 2.16. The van der Waals surface area contributed by atoms with E-state index in [-0.39, 0.29) is 0 Å². The zero-order valence-corrected chi connectivity index (χ0v) is 17.4. The first-order valence-corrected chi connectivity index (χ1v) is 9.76. The number of thiol groups is 4. The van der Waals surface area contributed by atoms with Crippen LogP contribution in [0.25, 0.3) is 32.3 Å². The van der Waals surface area contributed by atoms with Crippen molar-refractivity contribution in [3.8, 4) is 0 Å². The van der Waals surface area contributed by atoms with Crippen LogP contribution >= 0.6 is 73.1 Å². The van der Waals surface area contributed by atoms with Crippen molar-refractivity contribution < 1.29 is 0 Å². The molecule has 4 rings (SSSR count). The topological polar surface area (TPSA) is 0 Å². The molecule has 0 aliphatic heterocycles. The van der Waals surface area contributed by atoms with Crippen molar-refractivity contribution in [3.63, 3.8) is 0 Å². The normalized spacial score (nSPS) is 11.7. The van der Waals surface area contributed by atoms with Crippen LogP contribution in [0.15, 0.2) is 62.0 Å². The molecule has 5 heteroatoms. The van der Waals surface area contributed by atoms with Gasteiger partial charge in [0.2, 0.25) is 0 Å². The molecule has 0 heterocycles. The monoisotopic (exact) mass is 482 g/mol. The molecule has 0 aromatic heterocycles. The Bertz CT molecular complexity index is 1120. The van der Waals surface area contributed by atoms with Crippen LogP contribution in [0.2, 0.25) is 0 Å². The van der Waals surface area contributed by atoms with Gasteiger partial charge in [-0.05, 0) is 67.7 Å². The summed E-state index contributed by atoms with van der Waals surface area (Å²) in [5.74, 6) is 0. The fraction of sp³-hybridized carbons (Fsp3) is 0. The molecule has 0 saturated heterocycles. The Morgan fingerprint density at radius 1 is 0.609 bits per heavy atom. The molecule has 114 valence electrons. The van der Waals surface area contributed by atoms with Crippen LogP contribution in [0.4, 0.5) is 0 Å². The SMILES string of the molecule is Sc1c(S)c(S)c2c(I)c3cc4ccccc4cc3cc2c1S. The van der Waals surface area contributed by atoms with E-state index in [2.05, 4.69) is 116 Å². The number of hydrogen-bond donors (Lipinski definition) is 4. The summed E-state index contributed by atoms with van der Waals surface area (Å²) in [6.07, 6.45) is 0. The Kier molecular flexibility index (Phi) is 4.21. The smallest absolute Gasteiger partial charge is 0.0326 e. The fourth-order valence-electron chi connectivity index (χ4n) is 2.94. The van der Waals surface area contributed by atoms with E-state index in [4.69, 9.17) is 0 Å². The minimum atomic E-state index is 0.769. The van der Waals surface area contributed by atoms with Crippen molar-refractivity contribution in [2.24, 2.45) is 0 Å². The van der Waals surface area contributed by atoms with E-state index in [1.165, 1.54) is 25.1 Å². The van der Waals surface area contributed by atoms with Crippen LogP contribution in [0.5, 0.6) is 0 Å². The average molecular weight is 482 g/mol. The minimum absolute atomic E-state index is 0.769. The zero-order chi connectivity index (χ0) is 16.3. The van der Waals surface area contributed by atoms with Crippen LogP contribution in [-0.4, -0.2) is 0 Å². The molecular weight excluding hydrogens is 471 g/mol. The van der Waals surface area contributed by atoms with Gasteiger partial charge in [-0.25, -0.2) is 0 Å². The molecule has 4 aromatic carbocycles. The number of rotatable bonds is 0. The van der Waals surface area contributed by atoms with E-state index in [1.807, 2.05) is 0 Å². The molecule has 0 amide bonds. The average Bonchev–Trinajstić information content (AvgIpc) is 2.56. The molecule has 0 fully saturated rings. The Morgan fingerprint density at radius 2 is 1.17 bits per heavy atom. The number of benzene rings is 4. The molecule has 0 aliphatic rings. The molecule has 23 heavy (non-hydrogen) atoms. The summed E-state index contributed by atoms with van der Waals surface area (Å²) in [6.45, 7) is 0. The van der Waals surface area contributed by atoms with Crippen LogP contribution < -0.4 is 0 Å². The van der Waals surface area contributed by atoms with Gasteiger partial charge in [0, 0.05) is 28.5 Å². The minimum Gasteiger partial charge on any atom is -0.142 e. The third kappa shape index (κ3) is 2.47. The molecule has 0 aliphatic carbocycles. The van der Waals surface area contributed by atoms with Crippen LogP contribution in [0, 0.1) is 3.57 Å². The van der Waals surface area contributed by atoms with Crippen molar-refractivity contribution in [3.05, 3.63) is 46.0 Å². The summed E-state index contributed by atoms with van der Waals surface area (Å²) in [7, 11) is 0. The fourth-order valence-corrected chi connectivity index (χ4v) is 5.44. The molecule has 0 radical (unpaired) electrons. The molecule has 0 unspecified atom stereocenters. The second-order valence-corrected chi connectivity index (χ2v) is 8.30. The van der Waals surface area contributed by atoms with E-state index >= 15 is 0 Å². The van der Waals surface area contributed by atoms with Crippen molar-refractivity contribution in [2.45, 2.75) is 19.6 Å². The lowest BCUT2D eigenvalue weighted by Crippen LogP contribution is -1.90. The van der Waals surface area contributed by atoms with Gasteiger partial charge in [-0.1, -0.05) is 24.3 Å². The lowest BCUT2D eigenvalue weighted by molar-refractivity contribution is 1.10. The van der Waals surface area contributed by atoms with Crippen LogP contribution in [0.3, 0.4) is 0 Å². The third-order valence-corrected chi connectivity index (χ3v) is 7.56. The maximum Gasteiger partial charge on any atom is 0.0326 e. The highest BCUT2D eigenvalue weighted by atomic mass is 127. The quantitative estimate of drug-likeness (QED) is 0.117. The molecule has 4 aromatic rings. The highest BCUT2D eigenvalue weighted by Crippen LogP contribution is 2.43. The summed E-state index contributed by atoms with van der Waals surface area (Å²) >= 11 is 20.8. The van der Waals surface area contributed by atoms with E-state index in [0.29, 0.717) is 0 Å². The second-order valence-electron chi connectivity index (χ2n) is 5.43. The predicted octanol–water partition coefficient (Wildman–Crippen LogP) is 6.91. The maximum atomic E-state index is 4.69. The van der Waals surface area contributed by atoms with Crippen molar-refractivity contribution in [2.75, 3.05) is 0 Å². The van der Waals surface area contributed by atoms with Crippen molar-refractivity contribution in [1.82, 2.24) is 0 Å². The molecule has 0 spiro atoms. The van der Waals surface area contributed by atoms with Crippen molar-refractivity contribution >= 4 is 105 Å². The molecule has 0 saturated carbocycles. The van der Waals surface area contributed by atoms with Crippen LogP contribution in [-0.2, 0) is 0 Å².